The van der Waals surface area contributed by atoms with Crippen molar-refractivity contribution in [2.75, 3.05) is 27.2 Å². The van der Waals surface area contributed by atoms with Gasteiger partial charge in [0.2, 0.25) is 11.2 Å². The molecule has 0 spiro atoms. The van der Waals surface area contributed by atoms with E-state index in [1.807, 2.05) is 12.2 Å². The SMILES string of the molecule is CC(C)c1nc(-c2cccc3c2nc(Cl)n3C(C)C)sc1C(C)C.CN(C)S(=O)(=O)NC(=O)[C@]12CC(=O)[C@@H]3C[C@@H](O)CN3CC(C=O)(NC(=O)OC(C)(C)C)CCCCC/C=C\[C@@H]1C2. The first-order chi connectivity index (χ1) is 29.8. The summed E-state index contributed by atoms with van der Waals surface area (Å²) in [7, 11) is -1.44. The number of carbonyl (C=O) groups excluding carboxylic acids is 4. The number of para-hydroxylation sites is 1. The summed E-state index contributed by atoms with van der Waals surface area (Å²) in [4.78, 5) is 64.9. The number of thiazole rings is 1. The Morgan fingerprint density at radius 2 is 1.78 bits per heavy atom. The number of Topliss-reactive ketones (excluding diaryl/α,β-unsaturated/α-hetero) is 1. The van der Waals surface area contributed by atoms with Gasteiger partial charge in [-0.3, -0.25) is 14.5 Å². The predicted octanol–water partition coefficient (Wildman–Crippen LogP) is 7.93. The molecule has 3 N–H and O–H groups in total. The van der Waals surface area contributed by atoms with E-state index in [1.54, 1.807) is 37.0 Å². The van der Waals surface area contributed by atoms with Crippen molar-refractivity contribution in [2.45, 2.75) is 155 Å². The van der Waals surface area contributed by atoms with E-state index in [0.717, 1.165) is 38.8 Å². The van der Waals surface area contributed by atoms with E-state index < -0.39 is 50.9 Å². The molecule has 0 bridgehead atoms. The highest BCUT2D eigenvalue weighted by Crippen LogP contribution is 2.57. The van der Waals surface area contributed by atoms with Crippen LogP contribution in [0.2, 0.25) is 5.28 Å². The quantitative estimate of drug-likeness (QED) is 0.139. The van der Waals surface area contributed by atoms with E-state index in [0.29, 0.717) is 49.1 Å². The molecule has 2 fully saturated rings. The second-order valence-corrected chi connectivity index (χ2v) is 22.9. The van der Waals surface area contributed by atoms with E-state index in [2.05, 4.69) is 79.3 Å². The van der Waals surface area contributed by atoms with Crippen molar-refractivity contribution in [1.29, 1.82) is 0 Å². The zero-order valence-corrected chi connectivity index (χ0v) is 41.6. The number of nitrogens with zero attached hydrogens (tertiary/aromatic N) is 5. The number of aliphatic hydroxyl groups excluding tert-OH is 1. The lowest BCUT2D eigenvalue weighted by Gasteiger charge is -2.36. The lowest BCUT2D eigenvalue weighted by molar-refractivity contribution is -0.132. The molecule has 15 nitrogen and oxygen atoms in total. The number of ketones is 1. The molecule has 0 radical (unpaired) electrons. The minimum Gasteiger partial charge on any atom is -0.444 e. The lowest BCUT2D eigenvalue weighted by atomic mass is 9.90. The van der Waals surface area contributed by atoms with Gasteiger partial charge in [0, 0.05) is 50.1 Å². The average molecular weight is 947 g/mol. The first-order valence-corrected chi connectivity index (χ1v) is 25.0. The Balaban J connectivity index is 0.000000272. The van der Waals surface area contributed by atoms with Gasteiger partial charge < -0.3 is 24.5 Å². The van der Waals surface area contributed by atoms with E-state index in [-0.39, 0.29) is 43.7 Å². The zero-order valence-electron chi connectivity index (χ0n) is 39.2. The van der Waals surface area contributed by atoms with Gasteiger partial charge in [-0.2, -0.15) is 12.7 Å². The van der Waals surface area contributed by atoms with Gasteiger partial charge in [0.05, 0.1) is 28.8 Å². The van der Waals surface area contributed by atoms with Crippen LogP contribution in [0.25, 0.3) is 21.6 Å². The molecule has 4 heterocycles. The van der Waals surface area contributed by atoms with Crippen LogP contribution in [-0.4, -0.2) is 112 Å². The van der Waals surface area contributed by atoms with Crippen molar-refractivity contribution in [1.82, 2.24) is 33.8 Å². The van der Waals surface area contributed by atoms with E-state index in [1.165, 1.54) is 24.7 Å². The molecule has 18 heteroatoms. The standard InChI is InChI=1S/C27H44N4O8S.C19H24ClN3S/c1-25(2,3)39-24(36)28-26(18-32)12-10-8-6-7-9-11-19-14-27(19,23(35)29-40(37,38)30(4)5)15-22(34)21-13-20(33)16-31(21)17-26;1-10(2)15-17(11(3)4)24-18(21-15)13-8-7-9-14-16(13)22-19(20)23(14)12(5)6/h9,11,18-21,33H,6-8,10,12-17H2,1-5H3,(H,28,36)(H,29,35);7-12H,1-6H3/b11-9-;/t19-,20-,21+,26?,27-;/m1./s1. The van der Waals surface area contributed by atoms with Crippen LogP contribution < -0.4 is 10.0 Å². The predicted molar refractivity (Wildman–Crippen MR) is 252 cm³/mol. The number of hydrogen-bond donors (Lipinski definition) is 3. The Kier molecular flexibility index (Phi) is 16.3. The smallest absolute Gasteiger partial charge is 0.408 e. The van der Waals surface area contributed by atoms with Crippen LogP contribution in [-0.2, 0) is 29.3 Å². The molecule has 1 saturated carbocycles. The van der Waals surface area contributed by atoms with Crippen LogP contribution in [0.1, 0.15) is 142 Å². The summed E-state index contributed by atoms with van der Waals surface area (Å²) in [5.41, 5.74) is 0.947. The number of rotatable bonds is 9. The van der Waals surface area contributed by atoms with Crippen molar-refractivity contribution < 1.29 is 37.4 Å². The lowest BCUT2D eigenvalue weighted by Crippen LogP contribution is -2.59. The van der Waals surface area contributed by atoms with E-state index in [4.69, 9.17) is 21.3 Å². The van der Waals surface area contributed by atoms with Crippen molar-refractivity contribution in [2.24, 2.45) is 11.3 Å². The topological polar surface area (TPSA) is 193 Å². The first-order valence-electron chi connectivity index (χ1n) is 22.3. The maximum Gasteiger partial charge on any atom is 0.408 e. The van der Waals surface area contributed by atoms with Crippen LogP contribution >= 0.6 is 22.9 Å². The summed E-state index contributed by atoms with van der Waals surface area (Å²) in [6.45, 7) is 18.4. The van der Waals surface area contributed by atoms with Gasteiger partial charge in [0.25, 0.3) is 0 Å². The number of imidazole rings is 1. The molecular formula is C46H68ClN7O8S2. The fraction of sp³-hybridized carbons (Fsp3) is 0.652. The molecule has 3 aromatic rings. The fourth-order valence-electron chi connectivity index (χ4n) is 8.61. The Morgan fingerprint density at radius 3 is 2.38 bits per heavy atom. The molecule has 5 atom stereocenters. The summed E-state index contributed by atoms with van der Waals surface area (Å²) in [6, 6.07) is 5.72. The fourth-order valence-corrected chi connectivity index (χ4v) is 10.9. The number of ether oxygens (including phenoxy) is 1. The molecule has 2 aromatic heterocycles. The molecule has 1 unspecified atom stereocenters. The number of allylic oxidation sites excluding steroid dienone is 2. The molecule has 2 aliphatic heterocycles. The molecule has 64 heavy (non-hydrogen) atoms. The minimum absolute atomic E-state index is 0.0148. The van der Waals surface area contributed by atoms with Crippen LogP contribution in [0, 0.1) is 11.3 Å². The molecule has 354 valence electrons. The Labute approximate surface area is 387 Å². The number of aldehydes is 1. The highest BCUT2D eigenvalue weighted by atomic mass is 35.5. The highest BCUT2D eigenvalue weighted by molar-refractivity contribution is 7.87. The maximum absolute atomic E-state index is 13.7. The Morgan fingerprint density at radius 1 is 1.08 bits per heavy atom. The number of alkyl carbamates (subject to hydrolysis) is 1. The second kappa shape index (κ2) is 20.4. The number of carbonyl (C=O) groups is 4. The number of aromatic nitrogens is 3. The van der Waals surface area contributed by atoms with Crippen molar-refractivity contribution >= 4 is 68.3 Å². The molecule has 6 rings (SSSR count). The number of hydrogen-bond acceptors (Lipinski definition) is 12. The third kappa shape index (κ3) is 12.0. The number of amides is 2. The third-order valence-electron chi connectivity index (χ3n) is 12.0. The Bertz CT molecular complexity index is 2290. The Hall–Kier alpha value is -3.74. The number of halogens is 1. The average Bonchev–Trinajstić information content (AvgIpc) is 3.45. The van der Waals surface area contributed by atoms with Crippen molar-refractivity contribution in [3.63, 3.8) is 0 Å². The van der Waals surface area contributed by atoms with E-state index >= 15 is 0 Å². The van der Waals surface area contributed by atoms with Crippen LogP contribution in [0.4, 0.5) is 4.79 Å². The second-order valence-electron chi connectivity index (χ2n) is 19.7. The summed E-state index contributed by atoms with van der Waals surface area (Å²) in [5.74, 6) is -0.445. The number of nitrogens with one attached hydrogen (secondary N) is 2. The molecule has 1 aromatic carbocycles. The summed E-state index contributed by atoms with van der Waals surface area (Å²) in [6.07, 6.45) is 6.41. The minimum atomic E-state index is -4.05. The van der Waals surface area contributed by atoms with Gasteiger partial charge in [-0.25, -0.2) is 19.5 Å². The van der Waals surface area contributed by atoms with Crippen LogP contribution in [0.5, 0.6) is 0 Å². The van der Waals surface area contributed by atoms with Crippen molar-refractivity contribution in [3.05, 3.63) is 46.2 Å². The van der Waals surface area contributed by atoms with Crippen molar-refractivity contribution in [3.8, 4) is 10.6 Å². The molecule has 2 amide bonds. The zero-order chi connectivity index (χ0) is 47.5. The molecule has 1 aliphatic carbocycles. The first kappa shape index (κ1) is 51.2. The monoisotopic (exact) mass is 945 g/mol. The highest BCUT2D eigenvalue weighted by Gasteiger charge is 2.61. The van der Waals surface area contributed by atoms with Gasteiger partial charge in [0.15, 0.2) is 5.78 Å². The van der Waals surface area contributed by atoms with E-state index in [9.17, 15) is 32.7 Å². The molecular weight excluding hydrogens is 878 g/mol. The normalized spacial score (nSPS) is 25.3. The number of fused-ring (bicyclic) bond motifs is 3. The number of aliphatic hydroxyl groups is 1. The van der Waals surface area contributed by atoms with Crippen LogP contribution in [0.15, 0.2) is 30.4 Å². The molecule has 3 aliphatic rings. The number of benzene rings is 1. The van der Waals surface area contributed by atoms with Gasteiger partial charge in [-0.15, -0.1) is 11.3 Å². The largest absolute Gasteiger partial charge is 0.444 e. The third-order valence-corrected chi connectivity index (χ3v) is 15.1. The van der Waals surface area contributed by atoms with Gasteiger partial charge in [-0.05, 0) is 108 Å². The summed E-state index contributed by atoms with van der Waals surface area (Å²) in [5, 5.41) is 14.8. The molecule has 1 saturated heterocycles. The van der Waals surface area contributed by atoms with Gasteiger partial charge >= 0.3 is 16.3 Å². The van der Waals surface area contributed by atoms with Crippen LogP contribution in [0.3, 0.4) is 0 Å². The summed E-state index contributed by atoms with van der Waals surface area (Å²) >= 11 is 8.18. The maximum atomic E-state index is 13.7. The van der Waals surface area contributed by atoms with Gasteiger partial charge in [-0.1, -0.05) is 58.8 Å². The van der Waals surface area contributed by atoms with Gasteiger partial charge in [0.1, 0.15) is 28.0 Å². The summed E-state index contributed by atoms with van der Waals surface area (Å²) < 4.78 is 35.3.